The lowest BCUT2D eigenvalue weighted by Crippen LogP contribution is -2.24. The molecule has 0 saturated carbocycles. The van der Waals surface area contributed by atoms with E-state index in [0.29, 0.717) is 28.9 Å². The highest BCUT2D eigenvalue weighted by Gasteiger charge is 2.20. The maximum absolute atomic E-state index is 12.3. The van der Waals surface area contributed by atoms with Gasteiger partial charge in [0.1, 0.15) is 0 Å². The van der Waals surface area contributed by atoms with Gasteiger partial charge in [0.2, 0.25) is 0 Å². The molecule has 0 radical (unpaired) electrons. The van der Waals surface area contributed by atoms with Crippen molar-refractivity contribution in [3.05, 3.63) is 53.1 Å². The fourth-order valence-electron chi connectivity index (χ4n) is 2.52. The first-order chi connectivity index (χ1) is 12.7. The van der Waals surface area contributed by atoms with E-state index in [4.69, 9.17) is 16.7 Å². The van der Waals surface area contributed by atoms with Crippen LogP contribution in [0.15, 0.2) is 46.3 Å². The van der Waals surface area contributed by atoms with Crippen LogP contribution in [0.25, 0.3) is 0 Å². The van der Waals surface area contributed by atoms with E-state index in [9.17, 15) is 13.2 Å². The van der Waals surface area contributed by atoms with E-state index in [1.807, 2.05) is 13.0 Å². The number of aryl methyl sites for hydroxylation is 1. The van der Waals surface area contributed by atoms with E-state index >= 15 is 0 Å². The van der Waals surface area contributed by atoms with Gasteiger partial charge in [-0.25, -0.2) is 8.42 Å². The molecule has 1 amide bonds. The first-order valence-corrected chi connectivity index (χ1v) is 9.83. The molecule has 0 aliphatic carbocycles. The number of carbonyl (C=O) groups excluding carboxylic acids is 1. The van der Waals surface area contributed by atoms with Crippen LogP contribution in [0.4, 0.5) is 11.4 Å². The van der Waals surface area contributed by atoms with Gasteiger partial charge < -0.3 is 16.8 Å². The Morgan fingerprint density at radius 3 is 2.52 bits per heavy atom. The van der Waals surface area contributed by atoms with Crippen molar-refractivity contribution in [3.8, 4) is 6.07 Å². The maximum atomic E-state index is 12.3. The van der Waals surface area contributed by atoms with E-state index in [1.165, 1.54) is 6.07 Å². The number of aliphatic imine (C=N–C) groups is 1. The number of hydrogen-bond donors (Lipinski definition) is 3. The molecule has 0 saturated heterocycles. The lowest BCUT2D eigenvalue weighted by atomic mass is 10.0. The predicted molar refractivity (Wildman–Crippen MR) is 104 cm³/mol. The average molecular weight is 385 g/mol. The van der Waals surface area contributed by atoms with E-state index in [-0.39, 0.29) is 10.5 Å². The van der Waals surface area contributed by atoms with Crippen LogP contribution in [0.2, 0.25) is 0 Å². The Balaban J connectivity index is 2.65. The minimum atomic E-state index is -3.67. The zero-order valence-electron chi connectivity index (χ0n) is 14.9. The fourth-order valence-corrected chi connectivity index (χ4v) is 3.36. The largest absolute Gasteiger partial charge is 0.370 e. The summed E-state index contributed by atoms with van der Waals surface area (Å²) in [7, 11) is -3.67. The summed E-state index contributed by atoms with van der Waals surface area (Å²) in [5.74, 6) is -1.12. The molecule has 2 rings (SSSR count). The van der Waals surface area contributed by atoms with Crippen LogP contribution < -0.4 is 16.8 Å². The molecule has 8 nitrogen and oxygen atoms in total. The van der Waals surface area contributed by atoms with Gasteiger partial charge in [-0.15, -0.1) is 0 Å². The summed E-state index contributed by atoms with van der Waals surface area (Å²) in [6, 6.07) is 11.5. The molecule has 9 heteroatoms. The van der Waals surface area contributed by atoms with Crippen LogP contribution in [0, 0.1) is 11.3 Å². The van der Waals surface area contributed by atoms with Crippen molar-refractivity contribution in [1.82, 2.24) is 0 Å². The summed E-state index contributed by atoms with van der Waals surface area (Å²) in [5.41, 5.74) is 12.5. The summed E-state index contributed by atoms with van der Waals surface area (Å²) in [5, 5.41) is 12.0. The lowest BCUT2D eigenvalue weighted by molar-refractivity contribution is 0.100. The van der Waals surface area contributed by atoms with Crippen LogP contribution in [-0.4, -0.2) is 26.5 Å². The minimum Gasteiger partial charge on any atom is -0.370 e. The van der Waals surface area contributed by atoms with Gasteiger partial charge in [-0.1, -0.05) is 13.0 Å². The molecule has 0 heterocycles. The van der Waals surface area contributed by atoms with E-state index < -0.39 is 21.7 Å². The summed E-state index contributed by atoms with van der Waals surface area (Å²) in [6.45, 7) is 1.82. The molecule has 2 aromatic rings. The van der Waals surface area contributed by atoms with Gasteiger partial charge in [0, 0.05) is 17.5 Å². The molecule has 0 aliphatic rings. The number of nitrogens with zero attached hydrogens (tertiary/aromatic N) is 2. The van der Waals surface area contributed by atoms with Gasteiger partial charge in [-0.05, 0) is 42.3 Å². The molecule has 0 atom stereocenters. The highest BCUT2D eigenvalue weighted by Crippen LogP contribution is 2.30. The number of guanidine groups is 1. The van der Waals surface area contributed by atoms with Crippen molar-refractivity contribution in [2.45, 2.75) is 18.2 Å². The number of nitrogens with one attached hydrogen (secondary N) is 1. The second-order valence-corrected chi connectivity index (χ2v) is 7.77. The smallest absolute Gasteiger partial charge is 0.280 e. The number of sulfone groups is 1. The lowest BCUT2D eigenvalue weighted by Gasteiger charge is -2.15. The number of carbonyl (C=O) groups is 1. The summed E-state index contributed by atoms with van der Waals surface area (Å²) < 4.78 is 24.5. The first-order valence-electron chi connectivity index (χ1n) is 7.93. The van der Waals surface area contributed by atoms with Crippen molar-refractivity contribution in [3.63, 3.8) is 0 Å². The molecule has 2 aromatic carbocycles. The number of rotatable bonds is 5. The zero-order chi connectivity index (χ0) is 20.2. The Labute approximate surface area is 157 Å². The van der Waals surface area contributed by atoms with Gasteiger partial charge in [0.15, 0.2) is 15.8 Å². The molecule has 140 valence electrons. The van der Waals surface area contributed by atoms with Crippen LogP contribution in [-0.2, 0) is 16.3 Å². The Morgan fingerprint density at radius 1 is 1.26 bits per heavy atom. The standard InChI is InChI=1S/C18H19N5O3S/c1-3-12-8-15(22-13-6-4-5-11(7-13)10-19)16(27(2,25)26)9-14(12)17(24)23-18(20)21/h4-9,22H,3H2,1-2H3,(H4,20,21,23,24). The highest BCUT2D eigenvalue weighted by atomic mass is 32.2. The van der Waals surface area contributed by atoms with Crippen molar-refractivity contribution >= 4 is 33.1 Å². The zero-order valence-corrected chi connectivity index (χ0v) is 15.7. The predicted octanol–water partition coefficient (Wildman–Crippen LogP) is 1.68. The van der Waals surface area contributed by atoms with E-state index in [1.54, 1.807) is 30.3 Å². The van der Waals surface area contributed by atoms with Crippen molar-refractivity contribution in [2.24, 2.45) is 16.5 Å². The molecule has 0 unspecified atom stereocenters. The fraction of sp³-hybridized carbons (Fsp3) is 0.167. The Morgan fingerprint density at radius 2 is 1.96 bits per heavy atom. The van der Waals surface area contributed by atoms with Crippen LogP contribution in [0.1, 0.15) is 28.4 Å². The van der Waals surface area contributed by atoms with Crippen molar-refractivity contribution in [1.29, 1.82) is 5.26 Å². The van der Waals surface area contributed by atoms with Crippen molar-refractivity contribution in [2.75, 3.05) is 11.6 Å². The highest BCUT2D eigenvalue weighted by molar-refractivity contribution is 7.90. The SMILES string of the molecule is CCc1cc(Nc2cccc(C#N)c2)c(S(C)(=O)=O)cc1C(=O)N=C(N)N. The van der Waals surface area contributed by atoms with Crippen LogP contribution >= 0.6 is 0 Å². The number of nitrogens with two attached hydrogens (primary N) is 2. The molecule has 5 N–H and O–H groups in total. The Kier molecular flexibility index (Phi) is 5.82. The Bertz CT molecular complexity index is 1060. The average Bonchev–Trinajstić information content (AvgIpc) is 2.59. The van der Waals surface area contributed by atoms with Gasteiger partial charge in [-0.3, -0.25) is 4.79 Å². The van der Waals surface area contributed by atoms with Crippen LogP contribution in [0.5, 0.6) is 0 Å². The normalized spacial score (nSPS) is 10.7. The van der Waals surface area contributed by atoms with Crippen LogP contribution in [0.3, 0.4) is 0 Å². The van der Waals surface area contributed by atoms with Gasteiger partial charge in [0.25, 0.3) is 5.91 Å². The van der Waals surface area contributed by atoms with E-state index in [2.05, 4.69) is 10.3 Å². The molecule has 0 aliphatic heterocycles. The Hall–Kier alpha value is -3.38. The molecular weight excluding hydrogens is 366 g/mol. The first kappa shape index (κ1) is 19.9. The quantitative estimate of drug-likeness (QED) is 0.523. The van der Waals surface area contributed by atoms with E-state index in [0.717, 1.165) is 6.26 Å². The third-order valence-electron chi connectivity index (χ3n) is 3.72. The number of anilines is 2. The topological polar surface area (TPSA) is 151 Å². The number of hydrogen-bond acceptors (Lipinski definition) is 5. The number of amides is 1. The monoisotopic (exact) mass is 385 g/mol. The second kappa shape index (κ2) is 7.88. The number of nitriles is 1. The van der Waals surface area contributed by atoms with Crippen molar-refractivity contribution < 1.29 is 13.2 Å². The molecule has 27 heavy (non-hydrogen) atoms. The third kappa shape index (κ3) is 4.83. The summed E-state index contributed by atoms with van der Waals surface area (Å²) in [4.78, 5) is 15.7. The second-order valence-electron chi connectivity index (χ2n) is 5.79. The van der Waals surface area contributed by atoms with Gasteiger partial charge in [-0.2, -0.15) is 10.3 Å². The number of benzene rings is 2. The summed E-state index contributed by atoms with van der Waals surface area (Å²) in [6.07, 6.45) is 1.50. The molecular formula is C18H19N5O3S. The minimum absolute atomic E-state index is 0.0730. The molecule has 0 aromatic heterocycles. The van der Waals surface area contributed by atoms with Gasteiger partial charge in [0.05, 0.1) is 22.2 Å². The molecule has 0 spiro atoms. The summed E-state index contributed by atoms with van der Waals surface area (Å²) >= 11 is 0. The molecule has 0 fully saturated rings. The molecule has 0 bridgehead atoms. The van der Waals surface area contributed by atoms with Gasteiger partial charge >= 0.3 is 0 Å². The third-order valence-corrected chi connectivity index (χ3v) is 4.85. The maximum Gasteiger partial charge on any atom is 0.280 e.